The van der Waals surface area contributed by atoms with Gasteiger partial charge in [0, 0.05) is 23.2 Å². The van der Waals surface area contributed by atoms with Gasteiger partial charge in [0.1, 0.15) is 5.54 Å². The topological polar surface area (TPSA) is 41.6 Å². The van der Waals surface area contributed by atoms with E-state index in [4.69, 9.17) is 4.74 Å². The molecule has 1 aliphatic heterocycles. The van der Waals surface area contributed by atoms with Crippen LogP contribution in [0.2, 0.25) is 0 Å². The Kier molecular flexibility index (Phi) is 4.47. The number of hydrogen-bond acceptors (Lipinski definition) is 4. The van der Waals surface area contributed by atoms with E-state index in [1.807, 2.05) is 38.2 Å². The normalized spacial score (nSPS) is 23.3. The predicted octanol–water partition coefficient (Wildman–Crippen LogP) is 2.50. The first-order valence-electron chi connectivity index (χ1n) is 6.46. The Bertz CT molecular complexity index is 467. The molecule has 1 N–H and O–H groups in total. The molecule has 1 heterocycles. The molecule has 1 aromatic carbocycles. The minimum Gasteiger partial charge on any atom is -0.464 e. The lowest BCUT2D eigenvalue weighted by molar-refractivity contribution is -0.148. The predicted molar refractivity (Wildman–Crippen MR) is 79.2 cm³/mol. The summed E-state index contributed by atoms with van der Waals surface area (Å²) in [4.78, 5) is 14.4. The highest BCUT2D eigenvalue weighted by molar-refractivity contribution is 9.10. The van der Waals surface area contributed by atoms with Gasteiger partial charge in [-0.1, -0.05) is 12.1 Å². The van der Waals surface area contributed by atoms with Crippen molar-refractivity contribution in [3.05, 3.63) is 28.7 Å². The van der Waals surface area contributed by atoms with E-state index in [9.17, 15) is 4.79 Å². The molecular weight excluding hydrogens is 308 g/mol. The number of likely N-dealkylation sites (tertiary alicyclic amines) is 1. The number of carbonyl (C=O) groups is 1. The molecule has 104 valence electrons. The lowest BCUT2D eigenvalue weighted by atomic mass is 9.98. The van der Waals surface area contributed by atoms with Gasteiger partial charge in [-0.15, -0.1) is 0 Å². The van der Waals surface area contributed by atoms with Crippen molar-refractivity contribution in [2.24, 2.45) is 0 Å². The van der Waals surface area contributed by atoms with Gasteiger partial charge < -0.3 is 15.0 Å². The number of rotatable bonds is 4. The van der Waals surface area contributed by atoms with Gasteiger partial charge in [0.05, 0.1) is 6.61 Å². The van der Waals surface area contributed by atoms with Crippen LogP contribution in [0, 0.1) is 0 Å². The van der Waals surface area contributed by atoms with Crippen LogP contribution in [0.4, 0.5) is 5.69 Å². The molecule has 0 bridgehead atoms. The number of ether oxygens (including phenoxy) is 1. The number of para-hydroxylation sites is 1. The zero-order valence-electron chi connectivity index (χ0n) is 11.3. The summed E-state index contributed by atoms with van der Waals surface area (Å²) in [6.45, 7) is 3.79. The molecule has 19 heavy (non-hydrogen) atoms. The molecule has 4 nitrogen and oxygen atoms in total. The third-order valence-corrected chi connectivity index (χ3v) is 4.07. The standard InChI is InChI=1S/C14H19BrN2O2/c1-3-19-13(18)14(8-9-17(2)10-14)16-12-7-5-4-6-11(12)15/h4-7,16H,3,8-10H2,1-2H3. The van der Waals surface area contributed by atoms with Crippen LogP contribution < -0.4 is 5.32 Å². The second kappa shape index (κ2) is 5.92. The van der Waals surface area contributed by atoms with Gasteiger partial charge >= 0.3 is 5.97 Å². The Balaban J connectivity index is 2.24. The van der Waals surface area contributed by atoms with Crippen LogP contribution in [0.25, 0.3) is 0 Å². The van der Waals surface area contributed by atoms with Crippen molar-refractivity contribution in [1.82, 2.24) is 4.90 Å². The number of nitrogens with zero attached hydrogens (tertiary/aromatic N) is 1. The van der Waals surface area contributed by atoms with Gasteiger partial charge in [0.15, 0.2) is 0 Å². The molecule has 1 aromatic rings. The Labute approximate surface area is 122 Å². The van der Waals surface area contributed by atoms with Crippen LogP contribution >= 0.6 is 15.9 Å². The van der Waals surface area contributed by atoms with Gasteiger partial charge in [-0.25, -0.2) is 4.79 Å². The Hall–Kier alpha value is -1.07. The molecule has 1 saturated heterocycles. The largest absolute Gasteiger partial charge is 0.464 e. The van der Waals surface area contributed by atoms with Crippen LogP contribution in [0.1, 0.15) is 13.3 Å². The first-order chi connectivity index (χ1) is 9.07. The maximum Gasteiger partial charge on any atom is 0.333 e. The summed E-state index contributed by atoms with van der Waals surface area (Å²) in [5, 5.41) is 3.37. The Morgan fingerprint density at radius 1 is 1.53 bits per heavy atom. The van der Waals surface area contributed by atoms with E-state index in [0.29, 0.717) is 13.2 Å². The van der Waals surface area contributed by atoms with Gasteiger partial charge in [-0.3, -0.25) is 0 Å². The molecular formula is C14H19BrN2O2. The van der Waals surface area contributed by atoms with E-state index in [2.05, 4.69) is 26.1 Å². The van der Waals surface area contributed by atoms with Gasteiger partial charge in [0.2, 0.25) is 0 Å². The number of likely N-dealkylation sites (N-methyl/N-ethyl adjacent to an activating group) is 1. The summed E-state index contributed by atoms with van der Waals surface area (Å²) < 4.78 is 6.20. The monoisotopic (exact) mass is 326 g/mol. The zero-order valence-corrected chi connectivity index (χ0v) is 12.9. The smallest absolute Gasteiger partial charge is 0.333 e. The number of esters is 1. The maximum atomic E-state index is 12.3. The first-order valence-corrected chi connectivity index (χ1v) is 7.25. The molecule has 1 unspecified atom stereocenters. The SMILES string of the molecule is CCOC(=O)C1(Nc2ccccc2Br)CCN(C)C1. The molecule has 0 aliphatic carbocycles. The highest BCUT2D eigenvalue weighted by atomic mass is 79.9. The number of anilines is 1. The van der Waals surface area contributed by atoms with Crippen molar-refractivity contribution in [2.45, 2.75) is 18.9 Å². The van der Waals surface area contributed by atoms with Crippen LogP contribution in [0.15, 0.2) is 28.7 Å². The fraction of sp³-hybridized carbons (Fsp3) is 0.500. The lowest BCUT2D eigenvalue weighted by Crippen LogP contribution is -2.49. The van der Waals surface area contributed by atoms with Crippen LogP contribution in [0.3, 0.4) is 0 Å². The fourth-order valence-corrected chi connectivity index (χ4v) is 2.79. The minimum absolute atomic E-state index is 0.171. The summed E-state index contributed by atoms with van der Waals surface area (Å²) in [7, 11) is 2.02. The molecule has 0 aromatic heterocycles. The van der Waals surface area contributed by atoms with Crippen molar-refractivity contribution in [2.75, 3.05) is 32.1 Å². The molecule has 0 radical (unpaired) electrons. The van der Waals surface area contributed by atoms with E-state index in [1.165, 1.54) is 0 Å². The molecule has 1 fully saturated rings. The zero-order chi connectivity index (χ0) is 13.9. The first kappa shape index (κ1) is 14.3. The van der Waals surface area contributed by atoms with E-state index < -0.39 is 5.54 Å². The molecule has 5 heteroatoms. The van der Waals surface area contributed by atoms with Crippen LogP contribution in [-0.2, 0) is 9.53 Å². The van der Waals surface area contributed by atoms with Crippen molar-refractivity contribution < 1.29 is 9.53 Å². The third-order valence-electron chi connectivity index (χ3n) is 3.37. The number of hydrogen-bond donors (Lipinski definition) is 1. The highest BCUT2D eigenvalue weighted by Crippen LogP contribution is 2.30. The average Bonchev–Trinajstić information content (AvgIpc) is 2.75. The van der Waals surface area contributed by atoms with Gasteiger partial charge in [0.25, 0.3) is 0 Å². The average molecular weight is 327 g/mol. The van der Waals surface area contributed by atoms with E-state index in [1.54, 1.807) is 0 Å². The van der Waals surface area contributed by atoms with Crippen molar-refractivity contribution in [3.63, 3.8) is 0 Å². The van der Waals surface area contributed by atoms with E-state index in [0.717, 1.165) is 23.1 Å². The second-order valence-electron chi connectivity index (χ2n) is 4.90. The van der Waals surface area contributed by atoms with Crippen LogP contribution in [-0.4, -0.2) is 43.2 Å². The lowest BCUT2D eigenvalue weighted by Gasteiger charge is -2.29. The fourth-order valence-electron chi connectivity index (χ4n) is 2.41. The molecule has 0 amide bonds. The molecule has 1 atom stereocenters. The Morgan fingerprint density at radius 2 is 2.26 bits per heavy atom. The highest BCUT2D eigenvalue weighted by Gasteiger charge is 2.45. The number of halogens is 1. The number of benzene rings is 1. The van der Waals surface area contributed by atoms with Gasteiger partial charge in [-0.05, 0) is 48.5 Å². The molecule has 1 aliphatic rings. The summed E-state index contributed by atoms with van der Waals surface area (Å²) in [6.07, 6.45) is 0.754. The Morgan fingerprint density at radius 3 is 2.84 bits per heavy atom. The minimum atomic E-state index is -0.644. The number of carbonyl (C=O) groups excluding carboxylic acids is 1. The number of nitrogens with one attached hydrogen (secondary N) is 1. The van der Waals surface area contributed by atoms with Crippen molar-refractivity contribution >= 4 is 27.6 Å². The molecule has 0 saturated carbocycles. The maximum absolute atomic E-state index is 12.3. The second-order valence-corrected chi connectivity index (χ2v) is 5.75. The van der Waals surface area contributed by atoms with Crippen molar-refractivity contribution in [1.29, 1.82) is 0 Å². The summed E-state index contributed by atoms with van der Waals surface area (Å²) >= 11 is 3.50. The quantitative estimate of drug-likeness (QED) is 0.863. The summed E-state index contributed by atoms with van der Waals surface area (Å²) in [5.74, 6) is -0.171. The summed E-state index contributed by atoms with van der Waals surface area (Å²) in [5.41, 5.74) is 0.278. The van der Waals surface area contributed by atoms with Gasteiger partial charge in [-0.2, -0.15) is 0 Å². The molecule has 0 spiro atoms. The van der Waals surface area contributed by atoms with E-state index >= 15 is 0 Å². The van der Waals surface area contributed by atoms with E-state index in [-0.39, 0.29) is 5.97 Å². The summed E-state index contributed by atoms with van der Waals surface area (Å²) in [6, 6.07) is 7.82. The third kappa shape index (κ3) is 3.09. The van der Waals surface area contributed by atoms with Crippen molar-refractivity contribution in [3.8, 4) is 0 Å². The molecule has 2 rings (SSSR count). The van der Waals surface area contributed by atoms with Crippen LogP contribution in [0.5, 0.6) is 0 Å².